The van der Waals surface area contributed by atoms with Gasteiger partial charge in [-0.1, -0.05) is 24.3 Å². The van der Waals surface area contributed by atoms with E-state index >= 15 is 0 Å². The van der Waals surface area contributed by atoms with Crippen molar-refractivity contribution in [1.29, 1.82) is 0 Å². The molecule has 3 aromatic rings. The zero-order valence-corrected chi connectivity index (χ0v) is 27.1. The molecule has 5 aliphatic carbocycles. The van der Waals surface area contributed by atoms with Crippen molar-refractivity contribution >= 4 is 17.6 Å². The number of anilines is 1. The average Bonchev–Trinajstić information content (AvgIpc) is 3.83. The van der Waals surface area contributed by atoms with Crippen LogP contribution in [0.2, 0.25) is 0 Å². The Morgan fingerprint density at radius 2 is 1.60 bits per heavy atom. The molecular formula is C38H47N3O4. The molecule has 8 rings (SSSR count). The fraction of sp³-hybridized carbons (Fsp3) is 0.553. The third-order valence-corrected chi connectivity index (χ3v) is 11.8. The monoisotopic (exact) mass is 609 g/mol. The molecule has 0 N–H and O–H groups in total. The normalized spacial score (nSPS) is 27.6. The topological polar surface area (TPSA) is 73.7 Å². The molecule has 1 heterocycles. The molecule has 5 fully saturated rings. The molecule has 1 amide bonds. The number of carbonyl (C=O) groups is 2. The van der Waals surface area contributed by atoms with Gasteiger partial charge >= 0.3 is 5.97 Å². The Morgan fingerprint density at radius 3 is 2.24 bits per heavy atom. The number of benzene rings is 2. The van der Waals surface area contributed by atoms with Crippen molar-refractivity contribution < 1.29 is 19.1 Å². The number of aryl methyl sites for hydroxylation is 1. The Labute approximate surface area is 267 Å². The first kappa shape index (κ1) is 30.1. The van der Waals surface area contributed by atoms with Crippen LogP contribution in [0.4, 0.5) is 5.69 Å². The van der Waals surface area contributed by atoms with E-state index in [4.69, 9.17) is 9.47 Å². The van der Waals surface area contributed by atoms with Crippen molar-refractivity contribution in [3.05, 3.63) is 66.0 Å². The number of nitrogens with zero attached hydrogens (tertiary/aromatic N) is 3. The molecule has 45 heavy (non-hydrogen) atoms. The third kappa shape index (κ3) is 5.79. The van der Waals surface area contributed by atoms with E-state index in [-0.39, 0.29) is 34.5 Å². The zero-order chi connectivity index (χ0) is 31.2. The lowest BCUT2D eigenvalue weighted by Crippen LogP contribution is -2.51. The summed E-state index contributed by atoms with van der Waals surface area (Å²) in [4.78, 5) is 28.9. The summed E-state index contributed by atoms with van der Waals surface area (Å²) in [5.74, 6) is 0.858. The van der Waals surface area contributed by atoms with Gasteiger partial charge in [0.2, 0.25) is 5.91 Å². The molecule has 0 unspecified atom stereocenters. The standard InChI is InChI=1S/C38H47N3O4/c1-26-21-31(11-14-34(26)44-2)38-18-15-37(16-19-38,17-20-38)25-40(35(42)27-7-9-28(10-8-27)36(43)45-3)33-6-4-5-29(22-33)30-23-39-41(24-30)32-12-13-32/h4-6,11,14,21-24,27-28,32H,7-10,12-13,15-20,25H2,1-3H3/t27-,28-,37?,38?. The van der Waals surface area contributed by atoms with Gasteiger partial charge in [0.25, 0.3) is 0 Å². The predicted octanol–water partition coefficient (Wildman–Crippen LogP) is 7.81. The molecule has 0 saturated heterocycles. The molecule has 7 heteroatoms. The highest BCUT2D eigenvalue weighted by molar-refractivity contribution is 5.96. The number of esters is 1. The quantitative estimate of drug-likeness (QED) is 0.232. The number of fused-ring (bicyclic) bond motifs is 3. The lowest BCUT2D eigenvalue weighted by molar-refractivity contribution is -0.147. The summed E-state index contributed by atoms with van der Waals surface area (Å²) in [6.45, 7) is 2.90. The summed E-state index contributed by atoms with van der Waals surface area (Å²) < 4.78 is 12.7. The average molecular weight is 610 g/mol. The van der Waals surface area contributed by atoms with E-state index in [1.807, 2.05) is 6.20 Å². The fourth-order valence-corrected chi connectivity index (χ4v) is 8.62. The van der Waals surface area contributed by atoms with Gasteiger partial charge in [0.05, 0.1) is 32.4 Å². The first-order valence-electron chi connectivity index (χ1n) is 17.0. The Balaban J connectivity index is 1.14. The van der Waals surface area contributed by atoms with Gasteiger partial charge in [-0.3, -0.25) is 14.3 Å². The van der Waals surface area contributed by atoms with Gasteiger partial charge in [-0.15, -0.1) is 0 Å². The lowest BCUT2D eigenvalue weighted by atomic mass is 9.51. The molecule has 2 bridgehead atoms. The van der Waals surface area contributed by atoms with E-state index in [2.05, 4.69) is 70.3 Å². The maximum absolute atomic E-state index is 14.5. The second-order valence-corrected chi connectivity index (χ2v) is 14.5. The number of rotatable bonds is 9. The number of methoxy groups -OCH3 is 2. The van der Waals surface area contributed by atoms with Crippen LogP contribution in [0, 0.1) is 24.2 Å². The number of aromatic nitrogens is 2. The van der Waals surface area contributed by atoms with Crippen LogP contribution in [-0.4, -0.2) is 42.4 Å². The largest absolute Gasteiger partial charge is 0.496 e. The number of hydrogen-bond acceptors (Lipinski definition) is 5. The molecule has 7 nitrogen and oxygen atoms in total. The maximum Gasteiger partial charge on any atom is 0.308 e. The molecule has 0 spiro atoms. The van der Waals surface area contributed by atoms with E-state index in [0.29, 0.717) is 18.9 Å². The van der Waals surface area contributed by atoms with Crippen LogP contribution in [-0.2, 0) is 19.7 Å². The van der Waals surface area contributed by atoms with Crippen molar-refractivity contribution in [2.45, 2.75) is 95.4 Å². The van der Waals surface area contributed by atoms with Gasteiger partial charge in [0, 0.05) is 29.9 Å². The second-order valence-electron chi connectivity index (χ2n) is 14.5. The molecule has 5 saturated carbocycles. The van der Waals surface area contributed by atoms with Gasteiger partial charge < -0.3 is 14.4 Å². The highest BCUT2D eigenvalue weighted by atomic mass is 16.5. The molecule has 5 aliphatic rings. The first-order valence-corrected chi connectivity index (χ1v) is 17.0. The smallest absolute Gasteiger partial charge is 0.308 e. The summed E-state index contributed by atoms with van der Waals surface area (Å²) in [6, 6.07) is 15.8. The van der Waals surface area contributed by atoms with E-state index < -0.39 is 0 Å². The number of hydrogen-bond donors (Lipinski definition) is 0. The highest BCUT2D eigenvalue weighted by Gasteiger charge is 2.50. The highest BCUT2D eigenvalue weighted by Crippen LogP contribution is 2.58. The van der Waals surface area contributed by atoms with Crippen LogP contribution >= 0.6 is 0 Å². The molecular weight excluding hydrogens is 562 g/mol. The molecule has 0 atom stereocenters. The van der Waals surface area contributed by atoms with Crippen molar-refractivity contribution in [1.82, 2.24) is 9.78 Å². The lowest BCUT2D eigenvalue weighted by Gasteiger charge is -2.55. The first-order chi connectivity index (χ1) is 21.8. The maximum atomic E-state index is 14.5. The fourth-order valence-electron chi connectivity index (χ4n) is 8.62. The van der Waals surface area contributed by atoms with Crippen LogP contribution in [0.3, 0.4) is 0 Å². The Kier molecular flexibility index (Phi) is 7.99. The van der Waals surface area contributed by atoms with Gasteiger partial charge in [-0.25, -0.2) is 0 Å². The van der Waals surface area contributed by atoms with E-state index in [1.165, 1.54) is 31.1 Å². The van der Waals surface area contributed by atoms with Crippen LogP contribution in [0.15, 0.2) is 54.9 Å². The number of carbonyl (C=O) groups excluding carboxylic acids is 2. The van der Waals surface area contributed by atoms with Crippen molar-refractivity contribution in [2.24, 2.45) is 17.3 Å². The molecule has 1 aromatic heterocycles. The second kappa shape index (κ2) is 12.0. The molecule has 0 aliphatic heterocycles. The van der Waals surface area contributed by atoms with Crippen LogP contribution in [0.1, 0.15) is 94.2 Å². The molecule has 2 aromatic carbocycles. The van der Waals surface area contributed by atoms with Crippen molar-refractivity contribution in [3.63, 3.8) is 0 Å². The Hall–Kier alpha value is -3.61. The van der Waals surface area contributed by atoms with E-state index in [0.717, 1.165) is 80.5 Å². The minimum Gasteiger partial charge on any atom is -0.496 e. The summed E-state index contributed by atoms with van der Waals surface area (Å²) in [5.41, 5.74) is 6.18. The summed E-state index contributed by atoms with van der Waals surface area (Å²) >= 11 is 0. The summed E-state index contributed by atoms with van der Waals surface area (Å²) in [5, 5.41) is 4.63. The number of ether oxygens (including phenoxy) is 2. The minimum absolute atomic E-state index is 0.0721. The predicted molar refractivity (Wildman–Crippen MR) is 175 cm³/mol. The minimum atomic E-state index is -0.143. The van der Waals surface area contributed by atoms with E-state index in [9.17, 15) is 9.59 Å². The van der Waals surface area contributed by atoms with Gasteiger partial charge in [-0.05, 0) is 130 Å². The van der Waals surface area contributed by atoms with Crippen molar-refractivity contribution in [2.75, 3.05) is 25.7 Å². The van der Waals surface area contributed by atoms with Crippen LogP contribution in [0.5, 0.6) is 5.75 Å². The van der Waals surface area contributed by atoms with Crippen LogP contribution in [0.25, 0.3) is 11.1 Å². The SMILES string of the molecule is COc1ccc(C23CCC(CN(c4cccc(-c5cnn(C6CC6)c5)c4)C(=O)[C@H]4CC[C@H](C(=O)OC)CC4)(CC2)CC3)cc1C. The Morgan fingerprint density at radius 1 is 0.889 bits per heavy atom. The van der Waals surface area contributed by atoms with Crippen molar-refractivity contribution in [3.8, 4) is 16.9 Å². The van der Waals surface area contributed by atoms with Gasteiger partial charge in [0.15, 0.2) is 0 Å². The molecule has 0 radical (unpaired) electrons. The third-order valence-electron chi connectivity index (χ3n) is 11.8. The van der Waals surface area contributed by atoms with Crippen LogP contribution < -0.4 is 9.64 Å². The van der Waals surface area contributed by atoms with E-state index in [1.54, 1.807) is 7.11 Å². The zero-order valence-electron chi connectivity index (χ0n) is 27.1. The summed E-state index contributed by atoms with van der Waals surface area (Å²) in [6.07, 6.45) is 16.3. The molecule has 238 valence electrons. The Bertz CT molecular complexity index is 1540. The van der Waals surface area contributed by atoms with Gasteiger partial charge in [0.1, 0.15) is 5.75 Å². The van der Waals surface area contributed by atoms with Gasteiger partial charge in [-0.2, -0.15) is 5.10 Å². The summed E-state index contributed by atoms with van der Waals surface area (Å²) in [7, 11) is 3.20. The number of amides is 1.